The molecule has 26 heavy (non-hydrogen) atoms. The third-order valence-corrected chi connectivity index (χ3v) is 3.38. The number of methoxy groups -OCH3 is 1. The maximum Gasteiger partial charge on any atom is 0.342 e. The van der Waals surface area contributed by atoms with E-state index < -0.39 is 28.7 Å². The second kappa shape index (κ2) is 8.06. The SMILES string of the molecule is COc1ccc([N+](=O)[O-])cc1C(=O)O[C@@H](C)C(=O)Nc1ccc(F)cc1. The molecule has 1 amide bonds. The fourth-order valence-electron chi connectivity index (χ4n) is 2.02. The number of amides is 1. The van der Waals surface area contributed by atoms with Gasteiger partial charge in [0.15, 0.2) is 6.10 Å². The highest BCUT2D eigenvalue weighted by Crippen LogP contribution is 2.25. The molecule has 0 radical (unpaired) electrons. The van der Waals surface area contributed by atoms with Gasteiger partial charge < -0.3 is 14.8 Å². The van der Waals surface area contributed by atoms with Crippen LogP contribution >= 0.6 is 0 Å². The number of rotatable bonds is 6. The van der Waals surface area contributed by atoms with Crippen LogP contribution in [0.3, 0.4) is 0 Å². The van der Waals surface area contributed by atoms with Gasteiger partial charge in [-0.05, 0) is 37.3 Å². The van der Waals surface area contributed by atoms with Gasteiger partial charge in [0, 0.05) is 17.8 Å². The number of carbonyl (C=O) groups is 2. The van der Waals surface area contributed by atoms with Gasteiger partial charge in [0.25, 0.3) is 11.6 Å². The third-order valence-electron chi connectivity index (χ3n) is 3.38. The van der Waals surface area contributed by atoms with E-state index in [9.17, 15) is 24.1 Å². The quantitative estimate of drug-likeness (QED) is 0.481. The first-order chi connectivity index (χ1) is 12.3. The molecule has 2 rings (SSSR count). The molecule has 0 spiro atoms. The fourth-order valence-corrected chi connectivity index (χ4v) is 2.02. The van der Waals surface area contributed by atoms with E-state index in [0.29, 0.717) is 5.69 Å². The van der Waals surface area contributed by atoms with Gasteiger partial charge in [0.2, 0.25) is 0 Å². The first-order valence-corrected chi connectivity index (χ1v) is 7.41. The summed E-state index contributed by atoms with van der Waals surface area (Å²) in [6.45, 7) is 1.33. The van der Waals surface area contributed by atoms with Gasteiger partial charge in [-0.3, -0.25) is 14.9 Å². The van der Waals surface area contributed by atoms with Crippen LogP contribution < -0.4 is 10.1 Å². The lowest BCUT2D eigenvalue weighted by Gasteiger charge is -2.14. The van der Waals surface area contributed by atoms with Crippen molar-refractivity contribution in [3.63, 3.8) is 0 Å². The van der Waals surface area contributed by atoms with Gasteiger partial charge in [-0.15, -0.1) is 0 Å². The molecule has 1 atom stereocenters. The molecule has 0 fully saturated rings. The van der Waals surface area contributed by atoms with Crippen molar-refractivity contribution in [3.8, 4) is 5.75 Å². The number of nitrogens with one attached hydrogen (secondary N) is 1. The zero-order chi connectivity index (χ0) is 19.3. The van der Waals surface area contributed by atoms with Gasteiger partial charge in [-0.25, -0.2) is 9.18 Å². The van der Waals surface area contributed by atoms with Gasteiger partial charge in [-0.2, -0.15) is 0 Å². The van der Waals surface area contributed by atoms with E-state index >= 15 is 0 Å². The highest BCUT2D eigenvalue weighted by atomic mass is 19.1. The number of nitro groups is 1. The van der Waals surface area contributed by atoms with Crippen molar-refractivity contribution >= 4 is 23.3 Å². The van der Waals surface area contributed by atoms with Gasteiger partial charge >= 0.3 is 5.97 Å². The molecule has 1 N–H and O–H groups in total. The summed E-state index contributed by atoms with van der Waals surface area (Å²) < 4.78 is 22.9. The lowest BCUT2D eigenvalue weighted by atomic mass is 10.1. The normalized spacial score (nSPS) is 11.3. The van der Waals surface area contributed by atoms with Crippen molar-refractivity contribution in [1.29, 1.82) is 0 Å². The van der Waals surface area contributed by atoms with Crippen molar-refractivity contribution < 1.29 is 28.4 Å². The van der Waals surface area contributed by atoms with Crippen LogP contribution in [0.4, 0.5) is 15.8 Å². The number of esters is 1. The molecular formula is C17H15FN2O6. The van der Waals surface area contributed by atoms with Crippen molar-refractivity contribution in [1.82, 2.24) is 0 Å². The Morgan fingerprint density at radius 3 is 2.42 bits per heavy atom. The number of nitrogens with zero attached hydrogens (tertiary/aromatic N) is 1. The molecule has 0 aromatic heterocycles. The molecule has 0 aliphatic rings. The Balaban J connectivity index is 2.10. The maximum atomic E-state index is 12.9. The average molecular weight is 362 g/mol. The van der Waals surface area contributed by atoms with Crippen LogP contribution in [-0.2, 0) is 9.53 Å². The number of hydrogen-bond acceptors (Lipinski definition) is 6. The van der Waals surface area contributed by atoms with Crippen molar-refractivity contribution in [3.05, 3.63) is 64.0 Å². The Morgan fingerprint density at radius 1 is 1.19 bits per heavy atom. The smallest absolute Gasteiger partial charge is 0.342 e. The number of benzene rings is 2. The molecule has 8 nitrogen and oxygen atoms in total. The summed E-state index contributed by atoms with van der Waals surface area (Å²) in [6, 6.07) is 8.49. The second-order valence-electron chi connectivity index (χ2n) is 5.19. The molecular weight excluding hydrogens is 347 g/mol. The molecule has 0 heterocycles. The molecule has 0 aliphatic heterocycles. The minimum atomic E-state index is -1.20. The summed E-state index contributed by atoms with van der Waals surface area (Å²) in [4.78, 5) is 34.5. The number of halogens is 1. The molecule has 0 aliphatic carbocycles. The summed E-state index contributed by atoms with van der Waals surface area (Å²) in [5, 5.41) is 13.3. The van der Waals surface area contributed by atoms with Gasteiger partial charge in [-0.1, -0.05) is 0 Å². The van der Waals surface area contributed by atoms with Crippen LogP contribution in [0.15, 0.2) is 42.5 Å². The molecule has 9 heteroatoms. The largest absolute Gasteiger partial charge is 0.496 e. The van der Waals surface area contributed by atoms with E-state index in [1.165, 1.54) is 50.4 Å². The zero-order valence-electron chi connectivity index (χ0n) is 13.9. The van der Waals surface area contributed by atoms with Crippen LogP contribution in [-0.4, -0.2) is 30.0 Å². The molecule has 2 aromatic rings. The summed E-state index contributed by atoms with van der Waals surface area (Å²) in [7, 11) is 1.29. The summed E-state index contributed by atoms with van der Waals surface area (Å²) in [5.41, 5.74) is -0.170. The Bertz CT molecular complexity index is 838. The Hall–Kier alpha value is -3.49. The van der Waals surface area contributed by atoms with Crippen LogP contribution in [0.5, 0.6) is 5.75 Å². The van der Waals surface area contributed by atoms with E-state index in [0.717, 1.165) is 6.07 Å². The predicted octanol–water partition coefficient (Wildman–Crippen LogP) is 2.93. The first-order valence-electron chi connectivity index (χ1n) is 7.41. The first kappa shape index (κ1) is 18.8. The number of ether oxygens (including phenoxy) is 2. The number of non-ortho nitro benzene ring substituents is 1. The second-order valence-corrected chi connectivity index (χ2v) is 5.19. The van der Waals surface area contributed by atoms with Crippen LogP contribution in [0.2, 0.25) is 0 Å². The lowest BCUT2D eigenvalue weighted by Crippen LogP contribution is -2.30. The number of carbonyl (C=O) groups excluding carboxylic acids is 2. The predicted molar refractivity (Wildman–Crippen MR) is 89.6 cm³/mol. The Morgan fingerprint density at radius 2 is 1.85 bits per heavy atom. The average Bonchev–Trinajstić information content (AvgIpc) is 2.62. The Kier molecular flexibility index (Phi) is 5.84. The molecule has 2 aromatic carbocycles. The summed E-state index contributed by atoms with van der Waals surface area (Å²) in [5.74, 6) is -1.98. The number of hydrogen-bond donors (Lipinski definition) is 1. The zero-order valence-corrected chi connectivity index (χ0v) is 13.9. The fraction of sp³-hybridized carbons (Fsp3) is 0.176. The molecule has 0 saturated heterocycles. The van der Waals surface area contributed by atoms with E-state index in [1.807, 2.05) is 0 Å². The van der Waals surface area contributed by atoms with Crippen molar-refractivity contribution in [2.75, 3.05) is 12.4 Å². The minimum absolute atomic E-state index is 0.0757. The van der Waals surface area contributed by atoms with Crippen LogP contribution in [0.1, 0.15) is 17.3 Å². The number of nitro benzene ring substituents is 1. The maximum absolute atomic E-state index is 12.9. The standard InChI is InChI=1S/C17H15FN2O6/c1-10(16(21)19-12-5-3-11(18)4-6-12)26-17(22)14-9-13(20(23)24)7-8-15(14)25-2/h3-10H,1-2H3,(H,19,21)/t10-/m0/s1. The van der Waals surface area contributed by atoms with Crippen molar-refractivity contribution in [2.45, 2.75) is 13.0 Å². The van der Waals surface area contributed by atoms with E-state index in [2.05, 4.69) is 5.32 Å². The molecule has 136 valence electrons. The third kappa shape index (κ3) is 4.53. The topological polar surface area (TPSA) is 108 Å². The van der Waals surface area contributed by atoms with E-state index in [-0.39, 0.29) is 17.0 Å². The van der Waals surface area contributed by atoms with Crippen molar-refractivity contribution in [2.24, 2.45) is 0 Å². The molecule has 0 unspecified atom stereocenters. The van der Waals surface area contributed by atoms with Crippen LogP contribution in [0, 0.1) is 15.9 Å². The van der Waals surface area contributed by atoms with Gasteiger partial charge in [0.05, 0.1) is 12.0 Å². The lowest BCUT2D eigenvalue weighted by molar-refractivity contribution is -0.384. The van der Waals surface area contributed by atoms with E-state index in [4.69, 9.17) is 9.47 Å². The summed E-state index contributed by atoms with van der Waals surface area (Å²) in [6.07, 6.45) is -1.20. The highest BCUT2D eigenvalue weighted by Gasteiger charge is 2.23. The van der Waals surface area contributed by atoms with Crippen LogP contribution in [0.25, 0.3) is 0 Å². The molecule has 0 saturated carbocycles. The highest BCUT2D eigenvalue weighted by molar-refractivity contribution is 5.98. The Labute approximate surface area is 147 Å². The minimum Gasteiger partial charge on any atom is -0.496 e. The monoisotopic (exact) mass is 362 g/mol. The summed E-state index contributed by atoms with van der Waals surface area (Å²) >= 11 is 0. The van der Waals surface area contributed by atoms with E-state index in [1.54, 1.807) is 0 Å². The number of anilines is 1. The van der Waals surface area contributed by atoms with Gasteiger partial charge in [0.1, 0.15) is 17.1 Å². The molecule has 0 bridgehead atoms.